The normalized spacial score (nSPS) is 13.0. The average Bonchev–Trinajstić information content (AvgIpc) is 2.51. The first-order chi connectivity index (χ1) is 10.9. The number of nitrogens with zero attached hydrogens (tertiary/aromatic N) is 1. The Bertz CT molecular complexity index is 545. The van der Waals surface area contributed by atoms with Gasteiger partial charge >= 0.3 is 0 Å². The van der Waals surface area contributed by atoms with E-state index in [1.807, 2.05) is 52.0 Å². The third-order valence-electron chi connectivity index (χ3n) is 3.21. The van der Waals surface area contributed by atoms with E-state index in [0.29, 0.717) is 31.4 Å². The van der Waals surface area contributed by atoms with E-state index in [0.717, 1.165) is 11.3 Å². The maximum Gasteiger partial charge on any atom is 0.191 e. The summed E-state index contributed by atoms with van der Waals surface area (Å²) in [4.78, 5) is 4.19. The van der Waals surface area contributed by atoms with E-state index in [4.69, 9.17) is 4.74 Å². The number of para-hydroxylation sites is 1. The Hall–Kier alpha value is -0.830. The van der Waals surface area contributed by atoms with Gasteiger partial charge in [0.05, 0.1) is 6.61 Å². The lowest BCUT2D eigenvalue weighted by Gasteiger charge is -2.18. The summed E-state index contributed by atoms with van der Waals surface area (Å²) in [6.07, 6.45) is 0. The third-order valence-corrected chi connectivity index (χ3v) is 5.15. The minimum atomic E-state index is -0.867. The van der Waals surface area contributed by atoms with E-state index in [1.54, 1.807) is 7.05 Å². The Labute approximate surface area is 165 Å². The van der Waals surface area contributed by atoms with Crippen molar-refractivity contribution < 1.29 is 8.95 Å². The highest BCUT2D eigenvalue weighted by Crippen LogP contribution is 2.17. The second-order valence-corrected chi connectivity index (χ2v) is 8.38. The molecule has 2 N–H and O–H groups in total. The number of guanidine groups is 1. The summed E-state index contributed by atoms with van der Waals surface area (Å²) in [5.41, 5.74) is 1.08. The summed E-state index contributed by atoms with van der Waals surface area (Å²) in [7, 11) is 0.859. The molecule has 0 aliphatic heterocycles. The van der Waals surface area contributed by atoms with Gasteiger partial charge in [0.25, 0.3) is 0 Å². The molecule has 24 heavy (non-hydrogen) atoms. The maximum absolute atomic E-state index is 12.0. The van der Waals surface area contributed by atoms with Crippen molar-refractivity contribution in [2.45, 2.75) is 39.0 Å². The molecule has 7 heteroatoms. The monoisotopic (exact) mass is 467 g/mol. The number of halogens is 1. The summed E-state index contributed by atoms with van der Waals surface area (Å²) >= 11 is 0. The minimum absolute atomic E-state index is 0. The molecule has 1 aromatic carbocycles. The molecule has 0 amide bonds. The van der Waals surface area contributed by atoms with E-state index in [2.05, 4.69) is 15.6 Å². The number of benzene rings is 1. The Morgan fingerprint density at radius 3 is 2.50 bits per heavy atom. The lowest BCUT2D eigenvalue weighted by Crippen LogP contribution is -2.40. The smallest absolute Gasteiger partial charge is 0.191 e. The molecule has 0 aliphatic carbocycles. The molecule has 0 fully saturated rings. The fraction of sp³-hybridized carbons (Fsp3) is 0.588. The number of rotatable bonds is 7. The number of nitrogens with one attached hydrogen (secondary N) is 2. The summed E-state index contributed by atoms with van der Waals surface area (Å²) < 4.78 is 17.5. The van der Waals surface area contributed by atoms with Gasteiger partial charge in [0, 0.05) is 47.0 Å². The fourth-order valence-corrected chi connectivity index (χ4v) is 2.81. The zero-order valence-electron chi connectivity index (χ0n) is 15.2. The number of ether oxygens (including phenoxy) is 1. The molecule has 0 saturated heterocycles. The van der Waals surface area contributed by atoms with Gasteiger partial charge in [0.15, 0.2) is 5.96 Å². The van der Waals surface area contributed by atoms with Crippen LogP contribution in [0.2, 0.25) is 0 Å². The number of hydrogen-bond donors (Lipinski definition) is 2. The van der Waals surface area contributed by atoms with Crippen LogP contribution in [0.5, 0.6) is 5.75 Å². The van der Waals surface area contributed by atoms with E-state index < -0.39 is 10.8 Å². The molecule has 1 atom stereocenters. The van der Waals surface area contributed by atoms with Crippen molar-refractivity contribution in [3.8, 4) is 5.75 Å². The fourth-order valence-electron chi connectivity index (χ4n) is 1.91. The van der Waals surface area contributed by atoms with Gasteiger partial charge in [-0.15, -0.1) is 24.0 Å². The zero-order valence-corrected chi connectivity index (χ0v) is 18.4. The second-order valence-electron chi connectivity index (χ2n) is 6.06. The number of aliphatic imine (C=N–C) groups is 1. The summed E-state index contributed by atoms with van der Waals surface area (Å²) in [5.74, 6) is 2.17. The Morgan fingerprint density at radius 1 is 1.25 bits per heavy atom. The molecule has 0 saturated carbocycles. The van der Waals surface area contributed by atoms with Gasteiger partial charge in [-0.2, -0.15) is 0 Å². The summed E-state index contributed by atoms with van der Waals surface area (Å²) in [6.45, 7) is 9.82. The molecule has 138 valence electrons. The van der Waals surface area contributed by atoms with Gasteiger partial charge in [-0.25, -0.2) is 0 Å². The average molecular weight is 467 g/mol. The van der Waals surface area contributed by atoms with Crippen molar-refractivity contribution in [1.82, 2.24) is 10.6 Å². The van der Waals surface area contributed by atoms with Crippen LogP contribution in [-0.4, -0.2) is 40.9 Å². The molecule has 5 nitrogen and oxygen atoms in total. The zero-order chi connectivity index (χ0) is 17.3. The SMILES string of the molecule is CCOc1ccccc1CNC(=NC)NCCS(=O)C(C)(C)C.I. The maximum atomic E-state index is 12.0. The van der Waals surface area contributed by atoms with E-state index in [-0.39, 0.29) is 28.7 Å². The number of hydrogen-bond acceptors (Lipinski definition) is 3. The van der Waals surface area contributed by atoms with Crippen LogP contribution in [0, 0.1) is 0 Å². The molecule has 0 aliphatic rings. The second kappa shape index (κ2) is 11.7. The van der Waals surface area contributed by atoms with E-state index in [9.17, 15) is 4.21 Å². The van der Waals surface area contributed by atoms with Crippen LogP contribution in [0.4, 0.5) is 0 Å². The Balaban J connectivity index is 0.00000529. The van der Waals surface area contributed by atoms with Crippen LogP contribution in [-0.2, 0) is 17.3 Å². The molecule has 1 unspecified atom stereocenters. The minimum Gasteiger partial charge on any atom is -0.494 e. The molecule has 0 spiro atoms. The van der Waals surface area contributed by atoms with Crippen LogP contribution in [0.1, 0.15) is 33.3 Å². The van der Waals surface area contributed by atoms with Crippen molar-refractivity contribution in [2.75, 3.05) is 26.0 Å². The predicted octanol–water partition coefficient (Wildman–Crippen LogP) is 2.92. The third kappa shape index (κ3) is 8.32. The Morgan fingerprint density at radius 2 is 1.92 bits per heavy atom. The summed E-state index contributed by atoms with van der Waals surface area (Å²) in [6, 6.07) is 7.94. The highest BCUT2D eigenvalue weighted by atomic mass is 127. The van der Waals surface area contributed by atoms with Gasteiger partial charge < -0.3 is 15.4 Å². The van der Waals surface area contributed by atoms with Gasteiger partial charge in [-0.05, 0) is 33.8 Å². The topological polar surface area (TPSA) is 62.7 Å². The predicted molar refractivity (Wildman–Crippen MR) is 114 cm³/mol. The highest BCUT2D eigenvalue weighted by Gasteiger charge is 2.18. The van der Waals surface area contributed by atoms with Crippen LogP contribution >= 0.6 is 24.0 Å². The Kier molecular flexibility index (Phi) is 11.3. The van der Waals surface area contributed by atoms with Crippen LogP contribution in [0.3, 0.4) is 0 Å². The lowest BCUT2D eigenvalue weighted by molar-refractivity contribution is 0.336. The molecule has 0 radical (unpaired) electrons. The van der Waals surface area contributed by atoms with E-state index in [1.165, 1.54) is 0 Å². The van der Waals surface area contributed by atoms with E-state index >= 15 is 0 Å². The molecule has 1 aromatic rings. The van der Waals surface area contributed by atoms with Crippen molar-refractivity contribution in [3.05, 3.63) is 29.8 Å². The van der Waals surface area contributed by atoms with Crippen molar-refractivity contribution in [3.63, 3.8) is 0 Å². The molecule has 0 aromatic heterocycles. The largest absolute Gasteiger partial charge is 0.494 e. The van der Waals surface area contributed by atoms with Gasteiger partial charge in [-0.1, -0.05) is 18.2 Å². The lowest BCUT2D eigenvalue weighted by atomic mass is 10.2. The standard InChI is InChI=1S/C17H29N3O2S.HI/c1-6-22-15-10-8-7-9-14(15)13-20-16(18-5)19-11-12-23(21)17(2,3)4;/h7-10H,6,11-13H2,1-5H3,(H2,18,19,20);1H. The van der Waals surface area contributed by atoms with Crippen molar-refractivity contribution in [2.24, 2.45) is 4.99 Å². The first kappa shape index (κ1) is 23.2. The van der Waals surface area contributed by atoms with Gasteiger partial charge in [0.2, 0.25) is 0 Å². The molecule has 0 heterocycles. The van der Waals surface area contributed by atoms with Gasteiger partial charge in [-0.3, -0.25) is 9.20 Å². The first-order valence-electron chi connectivity index (χ1n) is 7.92. The highest BCUT2D eigenvalue weighted by molar-refractivity contribution is 14.0. The van der Waals surface area contributed by atoms with Crippen LogP contribution in [0.25, 0.3) is 0 Å². The quantitative estimate of drug-likeness (QED) is 0.368. The molecular weight excluding hydrogens is 437 g/mol. The van der Waals surface area contributed by atoms with Crippen molar-refractivity contribution >= 4 is 40.7 Å². The van der Waals surface area contributed by atoms with Crippen LogP contribution in [0.15, 0.2) is 29.3 Å². The molecule has 0 bridgehead atoms. The van der Waals surface area contributed by atoms with Crippen LogP contribution < -0.4 is 15.4 Å². The van der Waals surface area contributed by atoms with Gasteiger partial charge in [0.1, 0.15) is 5.75 Å². The molecule has 1 rings (SSSR count). The summed E-state index contributed by atoms with van der Waals surface area (Å²) in [5, 5.41) is 6.46. The first-order valence-corrected chi connectivity index (χ1v) is 9.24. The van der Waals surface area contributed by atoms with Crippen molar-refractivity contribution in [1.29, 1.82) is 0 Å². The molecular formula is C17H30IN3O2S.